The Morgan fingerprint density at radius 2 is 1.89 bits per heavy atom. The van der Waals surface area contributed by atoms with E-state index in [-0.39, 0.29) is 5.54 Å². The van der Waals surface area contributed by atoms with Gasteiger partial charge in [-0.25, -0.2) is 0 Å². The monoisotopic (exact) mass is 260 g/mol. The molecule has 0 aliphatic heterocycles. The van der Waals surface area contributed by atoms with E-state index in [4.69, 9.17) is 0 Å². The first kappa shape index (κ1) is 15.9. The molecule has 2 nitrogen and oxygen atoms in total. The summed E-state index contributed by atoms with van der Waals surface area (Å²) in [7, 11) is 2.13. The molecule has 0 aliphatic carbocycles. The quantitative estimate of drug-likeness (QED) is 0.786. The highest BCUT2D eigenvalue weighted by Gasteiger charge is 2.08. The van der Waals surface area contributed by atoms with Gasteiger partial charge in [0.2, 0.25) is 0 Å². The highest BCUT2D eigenvalue weighted by Crippen LogP contribution is 2.10. The van der Waals surface area contributed by atoms with Crippen molar-refractivity contribution in [1.29, 1.82) is 0 Å². The third kappa shape index (κ3) is 7.14. The van der Waals surface area contributed by atoms with Crippen LogP contribution in [-0.4, -0.2) is 24.0 Å². The molecule has 0 fully saturated rings. The average molecular weight is 260 g/mol. The summed E-state index contributed by atoms with van der Waals surface area (Å²) in [4.78, 5) is 2.29. The highest BCUT2D eigenvalue weighted by molar-refractivity contribution is 5.23. The lowest BCUT2D eigenvalue weighted by Crippen LogP contribution is -2.35. The largest absolute Gasteiger partial charge is 0.308 e. The summed E-state index contributed by atoms with van der Waals surface area (Å²) < 4.78 is 0. The van der Waals surface area contributed by atoms with Crippen LogP contribution in [0.2, 0.25) is 0 Å². The van der Waals surface area contributed by atoms with Crippen molar-refractivity contribution in [2.75, 3.05) is 13.6 Å². The molecule has 1 N–H and O–H groups in total. The molecule has 0 heterocycles. The number of hydrogen-bond donors (Lipinski definition) is 1. The van der Waals surface area contributed by atoms with Crippen LogP contribution in [0.25, 0.3) is 0 Å². The Labute approximate surface area is 118 Å². The van der Waals surface area contributed by atoms with E-state index < -0.39 is 0 Å². The number of benzene rings is 1. The maximum Gasteiger partial charge on any atom is 0.0234 e. The van der Waals surface area contributed by atoms with Crippen molar-refractivity contribution in [2.24, 2.45) is 0 Å². The molecule has 1 aromatic carbocycles. The second kappa shape index (κ2) is 6.88. The first-order valence-electron chi connectivity index (χ1n) is 6.92. The van der Waals surface area contributed by atoms with Crippen LogP contribution < -0.4 is 5.32 Å². The van der Waals surface area contributed by atoms with Crippen molar-refractivity contribution in [3.63, 3.8) is 0 Å². The Kier molecular flexibility index (Phi) is 5.77. The Hall–Kier alpha value is -1.12. The van der Waals surface area contributed by atoms with Crippen molar-refractivity contribution in [3.05, 3.63) is 47.5 Å². The Bertz CT molecular complexity index is 416. The predicted molar refractivity (Wildman–Crippen MR) is 84.2 cm³/mol. The molecule has 0 spiro atoms. The molecule has 0 atom stereocenters. The topological polar surface area (TPSA) is 15.3 Å². The molecule has 1 rings (SSSR count). The Morgan fingerprint density at radius 1 is 1.26 bits per heavy atom. The van der Waals surface area contributed by atoms with Gasteiger partial charge >= 0.3 is 0 Å². The lowest BCUT2D eigenvalue weighted by atomic mass is 10.1. The molecule has 106 valence electrons. The third-order valence-corrected chi connectivity index (χ3v) is 2.81. The Morgan fingerprint density at radius 3 is 2.47 bits per heavy atom. The second-order valence-electron chi connectivity index (χ2n) is 6.55. The first-order chi connectivity index (χ1) is 8.76. The zero-order valence-corrected chi connectivity index (χ0v) is 13.1. The van der Waals surface area contributed by atoms with Crippen LogP contribution in [0, 0.1) is 0 Å². The van der Waals surface area contributed by atoms with Gasteiger partial charge in [-0.15, -0.1) is 0 Å². The fourth-order valence-corrected chi connectivity index (χ4v) is 2.03. The van der Waals surface area contributed by atoms with Gasteiger partial charge in [0.15, 0.2) is 0 Å². The molecule has 0 unspecified atom stereocenters. The van der Waals surface area contributed by atoms with Gasteiger partial charge in [-0.1, -0.05) is 36.4 Å². The van der Waals surface area contributed by atoms with Crippen LogP contribution in [0.3, 0.4) is 0 Å². The maximum atomic E-state index is 3.96. The lowest BCUT2D eigenvalue weighted by Gasteiger charge is -2.21. The van der Waals surface area contributed by atoms with E-state index in [0.29, 0.717) is 0 Å². The number of nitrogens with zero attached hydrogens (tertiary/aromatic N) is 1. The normalized spacial score (nSPS) is 11.9. The van der Waals surface area contributed by atoms with E-state index >= 15 is 0 Å². The minimum Gasteiger partial charge on any atom is -0.308 e. The zero-order chi connectivity index (χ0) is 14.5. The molecule has 0 saturated heterocycles. The van der Waals surface area contributed by atoms with E-state index in [1.807, 2.05) is 0 Å². The molecule has 0 radical (unpaired) electrons. The summed E-state index contributed by atoms with van der Waals surface area (Å²) >= 11 is 0. The summed E-state index contributed by atoms with van der Waals surface area (Å²) in [5.74, 6) is 0. The number of hydrogen-bond acceptors (Lipinski definition) is 2. The van der Waals surface area contributed by atoms with Gasteiger partial charge in [0, 0.05) is 25.2 Å². The predicted octanol–water partition coefficient (Wildman–Crippen LogP) is 3.58. The van der Waals surface area contributed by atoms with E-state index in [1.165, 1.54) is 16.7 Å². The van der Waals surface area contributed by atoms with Gasteiger partial charge in [0.1, 0.15) is 0 Å². The van der Waals surface area contributed by atoms with Gasteiger partial charge < -0.3 is 5.32 Å². The molecule has 19 heavy (non-hydrogen) atoms. The number of nitrogens with one attached hydrogen (secondary N) is 1. The van der Waals surface area contributed by atoms with Crippen molar-refractivity contribution < 1.29 is 0 Å². The molecule has 0 saturated carbocycles. The van der Waals surface area contributed by atoms with Gasteiger partial charge in [-0.2, -0.15) is 0 Å². The van der Waals surface area contributed by atoms with E-state index in [2.05, 4.69) is 75.8 Å². The Balaban J connectivity index is 2.59. The second-order valence-corrected chi connectivity index (χ2v) is 6.55. The first-order valence-corrected chi connectivity index (χ1v) is 6.92. The van der Waals surface area contributed by atoms with Crippen LogP contribution in [0.1, 0.15) is 38.8 Å². The number of likely N-dealkylation sites (N-methyl/N-ethyl adjacent to an activating group) is 1. The summed E-state index contributed by atoms with van der Waals surface area (Å²) in [6, 6.07) is 8.80. The third-order valence-electron chi connectivity index (χ3n) is 2.81. The van der Waals surface area contributed by atoms with Crippen LogP contribution in [0.4, 0.5) is 0 Å². The van der Waals surface area contributed by atoms with Crippen molar-refractivity contribution >= 4 is 0 Å². The molecular weight excluding hydrogens is 232 g/mol. The molecule has 0 bridgehead atoms. The standard InChI is InChI=1S/C17H28N2/c1-14(2)12-19(6)13-16-9-7-8-15(10-16)11-18-17(3,4)5/h7-10,18H,1,11-13H2,2-6H3. The molecule has 0 aliphatic rings. The minimum absolute atomic E-state index is 0.159. The van der Waals surface area contributed by atoms with Gasteiger partial charge in [0.05, 0.1) is 0 Å². The smallest absolute Gasteiger partial charge is 0.0234 e. The summed E-state index contributed by atoms with van der Waals surface area (Å²) in [6.45, 7) is 15.4. The number of rotatable bonds is 6. The highest BCUT2D eigenvalue weighted by atomic mass is 15.1. The van der Waals surface area contributed by atoms with Crippen LogP contribution >= 0.6 is 0 Å². The molecule has 1 aromatic rings. The van der Waals surface area contributed by atoms with Crippen molar-refractivity contribution in [3.8, 4) is 0 Å². The molecule has 0 amide bonds. The summed E-state index contributed by atoms with van der Waals surface area (Å²) in [6.07, 6.45) is 0. The SMILES string of the molecule is C=C(C)CN(C)Cc1cccc(CNC(C)(C)C)c1. The van der Waals surface area contributed by atoms with Crippen LogP contribution in [0.5, 0.6) is 0 Å². The fraction of sp³-hybridized carbons (Fsp3) is 0.529. The van der Waals surface area contributed by atoms with Gasteiger partial charge in [-0.3, -0.25) is 4.90 Å². The molecule has 0 aromatic heterocycles. The van der Waals surface area contributed by atoms with E-state index in [0.717, 1.165) is 19.6 Å². The van der Waals surface area contributed by atoms with Gasteiger partial charge in [-0.05, 0) is 45.9 Å². The fourth-order valence-electron chi connectivity index (χ4n) is 2.03. The maximum absolute atomic E-state index is 3.96. The summed E-state index contributed by atoms with van der Waals surface area (Å²) in [5.41, 5.74) is 4.06. The molecular formula is C17H28N2. The minimum atomic E-state index is 0.159. The lowest BCUT2D eigenvalue weighted by molar-refractivity contribution is 0.355. The van der Waals surface area contributed by atoms with Crippen LogP contribution in [0.15, 0.2) is 36.4 Å². The average Bonchev–Trinajstić information content (AvgIpc) is 2.24. The zero-order valence-electron chi connectivity index (χ0n) is 13.1. The summed E-state index contributed by atoms with van der Waals surface area (Å²) in [5, 5.41) is 3.52. The van der Waals surface area contributed by atoms with Crippen LogP contribution in [-0.2, 0) is 13.1 Å². The van der Waals surface area contributed by atoms with Crippen molar-refractivity contribution in [1.82, 2.24) is 10.2 Å². The van der Waals surface area contributed by atoms with E-state index in [1.54, 1.807) is 0 Å². The van der Waals surface area contributed by atoms with E-state index in [9.17, 15) is 0 Å². The molecule has 2 heteroatoms. The van der Waals surface area contributed by atoms with Gasteiger partial charge in [0.25, 0.3) is 0 Å². The van der Waals surface area contributed by atoms with Crippen molar-refractivity contribution in [2.45, 2.75) is 46.3 Å².